The Morgan fingerprint density at radius 2 is 2.50 bits per heavy atom. The van der Waals surface area contributed by atoms with Crippen molar-refractivity contribution in [1.82, 2.24) is 0 Å². The molecule has 0 aromatic carbocycles. The Labute approximate surface area is 48.8 Å². The predicted octanol–water partition coefficient (Wildman–Crippen LogP) is 1.02. The van der Waals surface area contributed by atoms with Crippen LogP contribution in [0.5, 0.6) is 0 Å². The third kappa shape index (κ3) is 1.01. The summed E-state index contributed by atoms with van der Waals surface area (Å²) in [4.78, 5) is 0. The molecule has 1 aliphatic rings. The van der Waals surface area contributed by atoms with Crippen molar-refractivity contribution < 1.29 is 9.84 Å². The summed E-state index contributed by atoms with van der Waals surface area (Å²) < 4.78 is 4.91. The van der Waals surface area contributed by atoms with E-state index in [0.29, 0.717) is 12.2 Å². The van der Waals surface area contributed by atoms with Crippen LogP contribution in [0, 0.1) is 0 Å². The molecule has 46 valence electrons. The number of aliphatic hydroxyl groups is 1. The summed E-state index contributed by atoms with van der Waals surface area (Å²) >= 11 is 0. The normalized spacial score (nSPS) is 37.5. The standard InChI is InChI=1S/C6H10O2/c1-5-3-4-6(2,7)8-5/h7H,1,3-4H2,2H3. The van der Waals surface area contributed by atoms with E-state index in [-0.39, 0.29) is 0 Å². The van der Waals surface area contributed by atoms with Gasteiger partial charge in [0.1, 0.15) is 0 Å². The van der Waals surface area contributed by atoms with E-state index in [2.05, 4.69) is 6.58 Å². The summed E-state index contributed by atoms with van der Waals surface area (Å²) in [6.45, 7) is 5.21. The number of hydrogen-bond donors (Lipinski definition) is 1. The monoisotopic (exact) mass is 114 g/mol. The molecule has 0 aromatic rings. The van der Waals surface area contributed by atoms with Gasteiger partial charge in [0.2, 0.25) is 5.79 Å². The summed E-state index contributed by atoms with van der Waals surface area (Å²) in [5, 5.41) is 9.08. The molecule has 1 heterocycles. The first-order valence-corrected chi connectivity index (χ1v) is 2.69. The van der Waals surface area contributed by atoms with Crippen LogP contribution in [0.3, 0.4) is 0 Å². The van der Waals surface area contributed by atoms with Crippen LogP contribution in [-0.2, 0) is 4.74 Å². The Morgan fingerprint density at radius 3 is 2.62 bits per heavy atom. The molecule has 0 bridgehead atoms. The molecule has 2 heteroatoms. The van der Waals surface area contributed by atoms with Crippen molar-refractivity contribution in [2.75, 3.05) is 0 Å². The van der Waals surface area contributed by atoms with Gasteiger partial charge in [-0.2, -0.15) is 0 Å². The lowest BCUT2D eigenvalue weighted by Gasteiger charge is -2.14. The molecule has 1 saturated heterocycles. The molecule has 0 radical (unpaired) electrons. The van der Waals surface area contributed by atoms with Gasteiger partial charge in [0.05, 0.1) is 5.76 Å². The van der Waals surface area contributed by atoms with E-state index in [1.807, 2.05) is 0 Å². The minimum absolute atomic E-state index is 0.672. The second kappa shape index (κ2) is 1.49. The van der Waals surface area contributed by atoms with Crippen LogP contribution >= 0.6 is 0 Å². The van der Waals surface area contributed by atoms with Gasteiger partial charge in [0, 0.05) is 19.8 Å². The SMILES string of the molecule is C=C1CCC(C)(O)O1. The average Bonchev–Trinajstić information content (AvgIpc) is 1.82. The van der Waals surface area contributed by atoms with Crippen LogP contribution in [0.2, 0.25) is 0 Å². The molecule has 0 spiro atoms. The van der Waals surface area contributed by atoms with Crippen LogP contribution in [0.25, 0.3) is 0 Å². The second-order valence-corrected chi connectivity index (χ2v) is 2.32. The van der Waals surface area contributed by atoms with Gasteiger partial charge in [0.25, 0.3) is 0 Å². The maximum atomic E-state index is 9.08. The fourth-order valence-corrected chi connectivity index (χ4v) is 0.784. The molecule has 1 atom stereocenters. The van der Waals surface area contributed by atoms with E-state index in [4.69, 9.17) is 9.84 Å². The summed E-state index contributed by atoms with van der Waals surface area (Å²) in [7, 11) is 0. The molecule has 2 nitrogen and oxygen atoms in total. The summed E-state index contributed by atoms with van der Waals surface area (Å²) in [6, 6.07) is 0. The highest BCUT2D eigenvalue weighted by Gasteiger charge is 2.28. The molecule has 0 aliphatic carbocycles. The van der Waals surface area contributed by atoms with Crippen molar-refractivity contribution in [2.45, 2.75) is 25.6 Å². The zero-order chi connectivity index (χ0) is 6.20. The maximum absolute atomic E-state index is 9.08. The summed E-state index contributed by atoms with van der Waals surface area (Å²) in [6.07, 6.45) is 1.46. The molecule has 1 aliphatic heterocycles. The van der Waals surface area contributed by atoms with E-state index in [0.717, 1.165) is 6.42 Å². The molecule has 1 N–H and O–H groups in total. The number of hydrogen-bond acceptors (Lipinski definition) is 2. The molecule has 0 saturated carbocycles. The lowest BCUT2D eigenvalue weighted by Crippen LogP contribution is -2.20. The van der Waals surface area contributed by atoms with Gasteiger partial charge in [0.15, 0.2) is 0 Å². The Hall–Kier alpha value is -0.500. The predicted molar refractivity (Wildman–Crippen MR) is 30.1 cm³/mol. The fourth-order valence-electron chi connectivity index (χ4n) is 0.784. The highest BCUT2D eigenvalue weighted by Crippen LogP contribution is 2.28. The highest BCUT2D eigenvalue weighted by molar-refractivity contribution is 4.92. The Bertz CT molecular complexity index is 116. The van der Waals surface area contributed by atoms with Gasteiger partial charge in [-0.3, -0.25) is 0 Å². The van der Waals surface area contributed by atoms with E-state index in [9.17, 15) is 0 Å². The molecule has 1 rings (SSSR count). The van der Waals surface area contributed by atoms with Gasteiger partial charge >= 0.3 is 0 Å². The van der Waals surface area contributed by atoms with Gasteiger partial charge in [-0.05, 0) is 0 Å². The van der Waals surface area contributed by atoms with Crippen LogP contribution < -0.4 is 0 Å². The van der Waals surface area contributed by atoms with Crippen LogP contribution in [0.4, 0.5) is 0 Å². The largest absolute Gasteiger partial charge is 0.468 e. The smallest absolute Gasteiger partial charge is 0.205 e. The van der Waals surface area contributed by atoms with Crippen molar-refractivity contribution in [1.29, 1.82) is 0 Å². The zero-order valence-electron chi connectivity index (χ0n) is 4.98. The van der Waals surface area contributed by atoms with Gasteiger partial charge < -0.3 is 9.84 Å². The number of allylic oxidation sites excluding steroid dienone is 1. The molecular formula is C6H10O2. The average molecular weight is 114 g/mol. The lowest BCUT2D eigenvalue weighted by atomic mass is 10.2. The van der Waals surface area contributed by atoms with Gasteiger partial charge in [-0.25, -0.2) is 0 Å². The van der Waals surface area contributed by atoms with Crippen molar-refractivity contribution >= 4 is 0 Å². The van der Waals surface area contributed by atoms with Crippen LogP contribution in [-0.4, -0.2) is 10.9 Å². The van der Waals surface area contributed by atoms with Crippen LogP contribution in [0.1, 0.15) is 19.8 Å². The first-order valence-electron chi connectivity index (χ1n) is 2.69. The lowest BCUT2D eigenvalue weighted by molar-refractivity contribution is -0.136. The van der Waals surface area contributed by atoms with Crippen molar-refractivity contribution in [2.24, 2.45) is 0 Å². The van der Waals surface area contributed by atoms with E-state index in [1.54, 1.807) is 6.92 Å². The van der Waals surface area contributed by atoms with Crippen molar-refractivity contribution in [3.05, 3.63) is 12.3 Å². The van der Waals surface area contributed by atoms with Crippen molar-refractivity contribution in [3.8, 4) is 0 Å². The first kappa shape index (κ1) is 5.63. The Morgan fingerprint density at radius 1 is 1.88 bits per heavy atom. The van der Waals surface area contributed by atoms with Gasteiger partial charge in [-0.1, -0.05) is 6.58 Å². The summed E-state index contributed by atoms with van der Waals surface area (Å²) in [5.74, 6) is -0.244. The van der Waals surface area contributed by atoms with Crippen LogP contribution in [0.15, 0.2) is 12.3 Å². The fraction of sp³-hybridized carbons (Fsp3) is 0.667. The number of rotatable bonds is 0. The highest BCUT2D eigenvalue weighted by atomic mass is 16.6. The van der Waals surface area contributed by atoms with E-state index >= 15 is 0 Å². The van der Waals surface area contributed by atoms with E-state index in [1.165, 1.54) is 0 Å². The second-order valence-electron chi connectivity index (χ2n) is 2.32. The number of ether oxygens (including phenoxy) is 1. The first-order chi connectivity index (χ1) is 3.60. The topological polar surface area (TPSA) is 29.5 Å². The van der Waals surface area contributed by atoms with E-state index < -0.39 is 5.79 Å². The molecule has 0 aromatic heterocycles. The molecule has 8 heavy (non-hydrogen) atoms. The maximum Gasteiger partial charge on any atom is 0.205 e. The Kier molecular flexibility index (Phi) is 1.05. The van der Waals surface area contributed by atoms with Crippen molar-refractivity contribution in [3.63, 3.8) is 0 Å². The zero-order valence-corrected chi connectivity index (χ0v) is 4.98. The third-order valence-electron chi connectivity index (χ3n) is 1.23. The minimum Gasteiger partial charge on any atom is -0.468 e. The molecular weight excluding hydrogens is 104 g/mol. The quantitative estimate of drug-likeness (QED) is 0.509. The molecule has 1 unspecified atom stereocenters. The third-order valence-corrected chi connectivity index (χ3v) is 1.23. The minimum atomic E-state index is -0.933. The molecule has 1 fully saturated rings. The van der Waals surface area contributed by atoms with Gasteiger partial charge in [-0.15, -0.1) is 0 Å². The Balaban J connectivity index is 2.56. The summed E-state index contributed by atoms with van der Waals surface area (Å²) in [5.41, 5.74) is 0. The molecule has 0 amide bonds.